The Morgan fingerprint density at radius 3 is 2.36 bits per heavy atom. The molecule has 2 heterocycles. The molecule has 6 nitrogen and oxygen atoms in total. The Morgan fingerprint density at radius 2 is 1.68 bits per heavy atom. The van der Waals surface area contributed by atoms with Crippen molar-refractivity contribution in [3.8, 4) is 5.69 Å². The maximum atomic E-state index is 13.0. The zero-order valence-corrected chi connectivity index (χ0v) is 16.7. The minimum absolute atomic E-state index is 0.0744. The second-order valence-corrected chi connectivity index (χ2v) is 7.39. The molecule has 1 fully saturated rings. The average molecular weight is 396 g/mol. The molecule has 2 aromatic carbocycles. The van der Waals surface area contributed by atoms with E-state index < -0.39 is 0 Å². The third kappa shape index (κ3) is 3.47. The van der Waals surface area contributed by atoms with E-state index in [1.807, 2.05) is 55.1 Å². The fourth-order valence-electron chi connectivity index (χ4n) is 3.44. The molecule has 0 bridgehead atoms. The van der Waals surface area contributed by atoms with Gasteiger partial charge in [0.1, 0.15) is 0 Å². The minimum Gasteiger partial charge on any atom is -0.368 e. The zero-order valence-electron chi connectivity index (χ0n) is 16.0. The van der Waals surface area contributed by atoms with Gasteiger partial charge in [-0.3, -0.25) is 4.79 Å². The number of para-hydroxylation sites is 1. The van der Waals surface area contributed by atoms with Gasteiger partial charge in [-0.2, -0.15) is 0 Å². The van der Waals surface area contributed by atoms with E-state index in [1.165, 1.54) is 5.69 Å². The van der Waals surface area contributed by atoms with Crippen molar-refractivity contribution in [3.05, 3.63) is 70.5 Å². The standard InChI is InChI=1S/C21H22ClN5O/c1-15-8-9-18(14-19(15)22)27-16(2)20(23-24-27)21(28)26-12-10-25(11-13-26)17-6-4-3-5-7-17/h3-9,14H,10-13H2,1-2H3. The number of carbonyl (C=O) groups excluding carboxylic acids is 1. The summed E-state index contributed by atoms with van der Waals surface area (Å²) in [6.45, 7) is 6.74. The van der Waals surface area contributed by atoms with Gasteiger partial charge >= 0.3 is 0 Å². The number of carbonyl (C=O) groups is 1. The molecule has 0 aliphatic carbocycles. The molecule has 1 amide bonds. The molecule has 28 heavy (non-hydrogen) atoms. The Hall–Kier alpha value is -2.86. The highest BCUT2D eigenvalue weighted by atomic mass is 35.5. The molecule has 1 saturated heterocycles. The fourth-order valence-corrected chi connectivity index (χ4v) is 3.62. The summed E-state index contributed by atoms with van der Waals surface area (Å²) in [5.74, 6) is -0.0744. The smallest absolute Gasteiger partial charge is 0.276 e. The number of benzene rings is 2. The zero-order chi connectivity index (χ0) is 19.7. The van der Waals surface area contributed by atoms with Crippen molar-refractivity contribution in [3.63, 3.8) is 0 Å². The first-order valence-electron chi connectivity index (χ1n) is 9.32. The quantitative estimate of drug-likeness (QED) is 0.681. The van der Waals surface area contributed by atoms with Gasteiger partial charge in [-0.05, 0) is 43.7 Å². The summed E-state index contributed by atoms with van der Waals surface area (Å²) in [6, 6.07) is 16.0. The summed E-state index contributed by atoms with van der Waals surface area (Å²) in [5, 5.41) is 9.01. The Balaban J connectivity index is 1.49. The van der Waals surface area contributed by atoms with E-state index in [0.717, 1.165) is 30.0 Å². The van der Waals surface area contributed by atoms with Crippen LogP contribution in [0.2, 0.25) is 5.02 Å². The molecule has 7 heteroatoms. The van der Waals surface area contributed by atoms with Crippen LogP contribution >= 0.6 is 11.6 Å². The molecule has 0 unspecified atom stereocenters. The summed E-state index contributed by atoms with van der Waals surface area (Å²) in [6.07, 6.45) is 0. The number of aryl methyl sites for hydroxylation is 1. The molecule has 3 aromatic rings. The van der Waals surface area contributed by atoms with E-state index in [1.54, 1.807) is 4.68 Å². The van der Waals surface area contributed by atoms with Gasteiger partial charge in [-0.25, -0.2) is 4.68 Å². The third-order valence-electron chi connectivity index (χ3n) is 5.19. The molecular weight excluding hydrogens is 374 g/mol. The highest BCUT2D eigenvalue weighted by molar-refractivity contribution is 6.31. The first-order chi connectivity index (χ1) is 13.5. The van der Waals surface area contributed by atoms with Crippen molar-refractivity contribution >= 4 is 23.2 Å². The Kier molecular flexibility index (Phi) is 5.05. The largest absolute Gasteiger partial charge is 0.368 e. The van der Waals surface area contributed by atoms with E-state index in [-0.39, 0.29) is 5.91 Å². The van der Waals surface area contributed by atoms with E-state index in [2.05, 4.69) is 27.3 Å². The Morgan fingerprint density at radius 1 is 0.964 bits per heavy atom. The van der Waals surface area contributed by atoms with E-state index in [0.29, 0.717) is 23.8 Å². The van der Waals surface area contributed by atoms with Crippen molar-refractivity contribution in [1.82, 2.24) is 19.9 Å². The topological polar surface area (TPSA) is 54.3 Å². The summed E-state index contributed by atoms with van der Waals surface area (Å²) < 4.78 is 1.67. The molecule has 0 radical (unpaired) electrons. The number of hydrogen-bond donors (Lipinski definition) is 0. The fraction of sp³-hybridized carbons (Fsp3) is 0.286. The summed E-state index contributed by atoms with van der Waals surface area (Å²) in [5.41, 5.74) is 4.09. The number of rotatable bonds is 3. The van der Waals surface area contributed by atoms with Gasteiger partial charge in [-0.15, -0.1) is 5.10 Å². The van der Waals surface area contributed by atoms with Crippen LogP contribution < -0.4 is 4.90 Å². The van der Waals surface area contributed by atoms with Crippen molar-refractivity contribution in [2.75, 3.05) is 31.1 Å². The van der Waals surface area contributed by atoms with Gasteiger partial charge in [0.25, 0.3) is 5.91 Å². The number of piperazine rings is 1. The van der Waals surface area contributed by atoms with Crippen LogP contribution in [0.4, 0.5) is 5.69 Å². The van der Waals surface area contributed by atoms with Crippen molar-refractivity contribution in [2.45, 2.75) is 13.8 Å². The van der Waals surface area contributed by atoms with Crippen LogP contribution in [-0.2, 0) is 0 Å². The molecular formula is C21H22ClN5O. The molecule has 4 rings (SSSR count). The van der Waals surface area contributed by atoms with Crippen LogP contribution in [0.25, 0.3) is 5.69 Å². The van der Waals surface area contributed by atoms with Crippen LogP contribution in [0.3, 0.4) is 0 Å². The second kappa shape index (κ2) is 7.64. The Bertz CT molecular complexity index is 993. The number of nitrogens with zero attached hydrogens (tertiary/aromatic N) is 5. The molecule has 144 valence electrons. The predicted molar refractivity (Wildman–Crippen MR) is 110 cm³/mol. The molecule has 0 spiro atoms. The molecule has 0 saturated carbocycles. The molecule has 0 N–H and O–H groups in total. The first-order valence-corrected chi connectivity index (χ1v) is 9.70. The number of hydrogen-bond acceptors (Lipinski definition) is 4. The van der Waals surface area contributed by atoms with Gasteiger partial charge in [-0.1, -0.05) is 41.1 Å². The van der Waals surface area contributed by atoms with Gasteiger partial charge in [0.2, 0.25) is 0 Å². The van der Waals surface area contributed by atoms with Crippen LogP contribution in [0.1, 0.15) is 21.7 Å². The van der Waals surface area contributed by atoms with Gasteiger partial charge in [0, 0.05) is 36.9 Å². The summed E-state index contributed by atoms with van der Waals surface area (Å²) in [4.78, 5) is 17.1. The first kappa shape index (κ1) is 18.5. The Labute approximate surface area is 169 Å². The highest BCUT2D eigenvalue weighted by Crippen LogP contribution is 2.22. The molecule has 1 aromatic heterocycles. The number of halogens is 1. The maximum absolute atomic E-state index is 13.0. The number of anilines is 1. The normalized spacial score (nSPS) is 14.4. The lowest BCUT2D eigenvalue weighted by Gasteiger charge is -2.35. The molecule has 0 atom stereocenters. The maximum Gasteiger partial charge on any atom is 0.276 e. The highest BCUT2D eigenvalue weighted by Gasteiger charge is 2.26. The van der Waals surface area contributed by atoms with Gasteiger partial charge < -0.3 is 9.80 Å². The monoisotopic (exact) mass is 395 g/mol. The number of amides is 1. The summed E-state index contributed by atoms with van der Waals surface area (Å²) in [7, 11) is 0. The van der Waals surface area contributed by atoms with Crippen LogP contribution in [0.5, 0.6) is 0 Å². The second-order valence-electron chi connectivity index (χ2n) is 6.98. The van der Waals surface area contributed by atoms with E-state index in [9.17, 15) is 4.79 Å². The average Bonchev–Trinajstić information content (AvgIpc) is 3.11. The summed E-state index contributed by atoms with van der Waals surface area (Å²) >= 11 is 6.23. The lowest BCUT2D eigenvalue weighted by molar-refractivity contribution is 0.0740. The minimum atomic E-state index is -0.0744. The van der Waals surface area contributed by atoms with Gasteiger partial charge in [0.05, 0.1) is 11.4 Å². The molecule has 1 aliphatic rings. The third-order valence-corrected chi connectivity index (χ3v) is 5.59. The van der Waals surface area contributed by atoms with Crippen molar-refractivity contribution < 1.29 is 4.79 Å². The lowest BCUT2D eigenvalue weighted by Crippen LogP contribution is -2.49. The van der Waals surface area contributed by atoms with E-state index >= 15 is 0 Å². The van der Waals surface area contributed by atoms with Crippen LogP contribution in [-0.4, -0.2) is 52.0 Å². The van der Waals surface area contributed by atoms with Gasteiger partial charge in [0.15, 0.2) is 5.69 Å². The van der Waals surface area contributed by atoms with Crippen LogP contribution in [0.15, 0.2) is 48.5 Å². The number of aromatic nitrogens is 3. The van der Waals surface area contributed by atoms with Crippen molar-refractivity contribution in [1.29, 1.82) is 0 Å². The lowest BCUT2D eigenvalue weighted by atomic mass is 10.2. The molecule has 1 aliphatic heterocycles. The van der Waals surface area contributed by atoms with E-state index in [4.69, 9.17) is 11.6 Å². The SMILES string of the molecule is Cc1ccc(-n2nnc(C(=O)N3CCN(c4ccccc4)CC3)c2C)cc1Cl. The predicted octanol–water partition coefficient (Wildman–Crippen LogP) is 3.50. The van der Waals surface area contributed by atoms with Crippen LogP contribution in [0, 0.1) is 13.8 Å². The van der Waals surface area contributed by atoms with Crippen molar-refractivity contribution in [2.24, 2.45) is 0 Å².